The quantitative estimate of drug-likeness (QED) is 0.532. The van der Waals surface area contributed by atoms with E-state index in [2.05, 4.69) is 20.5 Å². The SMILES string of the molecule is Nc1cccc2cc(C(=O)NCc3ccn[nH]3)[nH]c12. The first-order valence-corrected chi connectivity index (χ1v) is 5.88. The Labute approximate surface area is 109 Å². The lowest BCUT2D eigenvalue weighted by atomic mass is 10.2. The number of aromatic amines is 2. The van der Waals surface area contributed by atoms with Crippen molar-refractivity contribution in [2.24, 2.45) is 0 Å². The summed E-state index contributed by atoms with van der Waals surface area (Å²) in [7, 11) is 0. The molecule has 0 aliphatic rings. The van der Waals surface area contributed by atoms with Crippen molar-refractivity contribution in [3.05, 3.63) is 47.9 Å². The molecule has 0 atom stereocenters. The average Bonchev–Trinajstić information content (AvgIpc) is 3.05. The summed E-state index contributed by atoms with van der Waals surface area (Å²) >= 11 is 0. The summed E-state index contributed by atoms with van der Waals surface area (Å²) in [6, 6.07) is 9.16. The van der Waals surface area contributed by atoms with Crippen LogP contribution in [0.4, 0.5) is 5.69 Å². The van der Waals surface area contributed by atoms with E-state index >= 15 is 0 Å². The minimum Gasteiger partial charge on any atom is -0.397 e. The molecule has 0 bridgehead atoms. The van der Waals surface area contributed by atoms with E-state index in [0.717, 1.165) is 16.6 Å². The van der Waals surface area contributed by atoms with Crippen molar-refractivity contribution in [3.63, 3.8) is 0 Å². The van der Waals surface area contributed by atoms with Crippen molar-refractivity contribution in [3.8, 4) is 0 Å². The Balaban J connectivity index is 1.80. The molecule has 0 radical (unpaired) electrons. The highest BCUT2D eigenvalue weighted by Crippen LogP contribution is 2.20. The molecule has 6 heteroatoms. The number of nitrogens with zero attached hydrogens (tertiary/aromatic N) is 1. The highest BCUT2D eigenvalue weighted by molar-refractivity contribution is 6.00. The van der Waals surface area contributed by atoms with Gasteiger partial charge in [0.05, 0.1) is 23.4 Å². The van der Waals surface area contributed by atoms with Gasteiger partial charge >= 0.3 is 0 Å². The Bertz CT molecular complexity index is 714. The molecule has 96 valence electrons. The predicted molar refractivity (Wildman–Crippen MR) is 72.5 cm³/mol. The Morgan fingerprint density at radius 2 is 2.26 bits per heavy atom. The summed E-state index contributed by atoms with van der Waals surface area (Å²) in [6.07, 6.45) is 1.64. The van der Waals surface area contributed by atoms with Crippen LogP contribution in [0.2, 0.25) is 0 Å². The molecule has 3 rings (SSSR count). The third kappa shape index (κ3) is 2.15. The summed E-state index contributed by atoms with van der Waals surface area (Å²) in [4.78, 5) is 15.0. The second-order valence-electron chi connectivity index (χ2n) is 4.26. The van der Waals surface area contributed by atoms with E-state index in [1.165, 1.54) is 0 Å². The van der Waals surface area contributed by atoms with E-state index in [1.54, 1.807) is 18.3 Å². The highest BCUT2D eigenvalue weighted by Gasteiger charge is 2.10. The number of rotatable bonds is 3. The highest BCUT2D eigenvalue weighted by atomic mass is 16.1. The summed E-state index contributed by atoms with van der Waals surface area (Å²) < 4.78 is 0. The third-order valence-electron chi connectivity index (χ3n) is 2.93. The van der Waals surface area contributed by atoms with Gasteiger partial charge in [-0.25, -0.2) is 0 Å². The smallest absolute Gasteiger partial charge is 0.268 e. The van der Waals surface area contributed by atoms with Crippen LogP contribution in [0, 0.1) is 0 Å². The first kappa shape index (κ1) is 11.3. The molecule has 19 heavy (non-hydrogen) atoms. The fourth-order valence-electron chi connectivity index (χ4n) is 1.96. The summed E-state index contributed by atoms with van der Waals surface area (Å²) in [5, 5.41) is 10.3. The van der Waals surface area contributed by atoms with E-state index in [4.69, 9.17) is 5.73 Å². The number of nitrogen functional groups attached to an aromatic ring is 1. The number of para-hydroxylation sites is 1. The van der Waals surface area contributed by atoms with Crippen LogP contribution in [0.3, 0.4) is 0 Å². The zero-order valence-electron chi connectivity index (χ0n) is 10.1. The maximum Gasteiger partial charge on any atom is 0.268 e. The monoisotopic (exact) mass is 255 g/mol. The molecule has 3 aromatic rings. The van der Waals surface area contributed by atoms with Crippen LogP contribution in [0.5, 0.6) is 0 Å². The number of fused-ring (bicyclic) bond motifs is 1. The van der Waals surface area contributed by atoms with Gasteiger partial charge in [-0.05, 0) is 18.2 Å². The summed E-state index contributed by atoms with van der Waals surface area (Å²) in [5.41, 5.74) is 8.60. The predicted octanol–water partition coefficient (Wildman–Crippen LogP) is 1.40. The Kier molecular flexibility index (Phi) is 2.68. The second-order valence-corrected chi connectivity index (χ2v) is 4.26. The van der Waals surface area contributed by atoms with Crippen LogP contribution < -0.4 is 11.1 Å². The van der Waals surface area contributed by atoms with Crippen molar-refractivity contribution in [1.82, 2.24) is 20.5 Å². The molecule has 0 aliphatic carbocycles. The minimum atomic E-state index is -0.176. The maximum atomic E-state index is 12.0. The van der Waals surface area contributed by atoms with Crippen molar-refractivity contribution >= 4 is 22.5 Å². The molecule has 2 aromatic heterocycles. The standard InChI is InChI=1S/C13H13N5O/c14-10-3-1-2-8-6-11(17-12(8)10)13(19)15-7-9-4-5-16-18-9/h1-6,17H,7,14H2,(H,15,19)(H,16,18). The Hall–Kier alpha value is -2.76. The first-order valence-electron chi connectivity index (χ1n) is 5.88. The number of aromatic nitrogens is 3. The fourth-order valence-corrected chi connectivity index (χ4v) is 1.96. The molecule has 5 N–H and O–H groups in total. The van der Waals surface area contributed by atoms with E-state index < -0.39 is 0 Å². The lowest BCUT2D eigenvalue weighted by molar-refractivity contribution is 0.0946. The Morgan fingerprint density at radius 1 is 1.37 bits per heavy atom. The summed E-state index contributed by atoms with van der Waals surface area (Å²) in [5.74, 6) is -0.176. The Morgan fingerprint density at radius 3 is 3.00 bits per heavy atom. The molecule has 0 spiro atoms. The zero-order valence-corrected chi connectivity index (χ0v) is 10.1. The van der Waals surface area contributed by atoms with Crippen LogP contribution in [-0.4, -0.2) is 21.1 Å². The van der Waals surface area contributed by atoms with E-state index in [0.29, 0.717) is 17.9 Å². The number of amides is 1. The molecule has 0 unspecified atom stereocenters. The third-order valence-corrected chi connectivity index (χ3v) is 2.93. The molecule has 1 aromatic carbocycles. The number of anilines is 1. The van der Waals surface area contributed by atoms with Crippen molar-refractivity contribution < 1.29 is 4.79 Å². The maximum absolute atomic E-state index is 12.0. The van der Waals surface area contributed by atoms with Crippen molar-refractivity contribution in [2.45, 2.75) is 6.54 Å². The minimum absolute atomic E-state index is 0.176. The van der Waals surface area contributed by atoms with E-state index in [-0.39, 0.29) is 5.91 Å². The van der Waals surface area contributed by atoms with Crippen molar-refractivity contribution in [1.29, 1.82) is 0 Å². The van der Waals surface area contributed by atoms with Gasteiger partial charge in [0.1, 0.15) is 5.69 Å². The molecule has 0 fully saturated rings. The van der Waals surface area contributed by atoms with Gasteiger partial charge in [-0.15, -0.1) is 0 Å². The van der Waals surface area contributed by atoms with Crippen LogP contribution in [0.25, 0.3) is 10.9 Å². The number of carbonyl (C=O) groups is 1. The average molecular weight is 255 g/mol. The fraction of sp³-hybridized carbons (Fsp3) is 0.0769. The van der Waals surface area contributed by atoms with E-state index in [1.807, 2.05) is 18.2 Å². The lowest BCUT2D eigenvalue weighted by Gasteiger charge is -2.01. The van der Waals surface area contributed by atoms with Crippen LogP contribution in [-0.2, 0) is 6.54 Å². The molecule has 0 saturated heterocycles. The molecule has 0 aliphatic heterocycles. The number of hydrogen-bond donors (Lipinski definition) is 4. The molecular formula is C13H13N5O. The van der Waals surface area contributed by atoms with Gasteiger partial charge in [0.2, 0.25) is 0 Å². The summed E-state index contributed by atoms with van der Waals surface area (Å²) in [6.45, 7) is 0.406. The number of hydrogen-bond acceptors (Lipinski definition) is 3. The molecule has 0 saturated carbocycles. The van der Waals surface area contributed by atoms with Gasteiger partial charge < -0.3 is 16.0 Å². The normalized spacial score (nSPS) is 10.7. The number of nitrogens with two attached hydrogens (primary N) is 1. The van der Waals surface area contributed by atoms with Gasteiger partial charge in [-0.1, -0.05) is 12.1 Å². The van der Waals surface area contributed by atoms with Gasteiger partial charge in [-0.3, -0.25) is 9.89 Å². The number of H-pyrrole nitrogens is 2. The van der Waals surface area contributed by atoms with E-state index in [9.17, 15) is 4.79 Å². The van der Waals surface area contributed by atoms with Gasteiger partial charge in [0.15, 0.2) is 0 Å². The van der Waals surface area contributed by atoms with Crippen molar-refractivity contribution in [2.75, 3.05) is 5.73 Å². The largest absolute Gasteiger partial charge is 0.397 e. The second kappa shape index (κ2) is 4.49. The number of carbonyl (C=O) groups excluding carboxylic acids is 1. The van der Waals surface area contributed by atoms with Crippen LogP contribution in [0.1, 0.15) is 16.2 Å². The first-order chi connectivity index (χ1) is 9.24. The van der Waals surface area contributed by atoms with Crippen LogP contribution >= 0.6 is 0 Å². The lowest BCUT2D eigenvalue weighted by Crippen LogP contribution is -2.23. The number of benzene rings is 1. The van der Waals surface area contributed by atoms with Gasteiger partial charge in [-0.2, -0.15) is 5.10 Å². The van der Waals surface area contributed by atoms with Crippen LogP contribution in [0.15, 0.2) is 36.5 Å². The molecule has 2 heterocycles. The number of nitrogens with one attached hydrogen (secondary N) is 3. The zero-order chi connectivity index (χ0) is 13.2. The van der Waals surface area contributed by atoms with Gasteiger partial charge in [0.25, 0.3) is 5.91 Å². The van der Waals surface area contributed by atoms with Gasteiger partial charge in [0, 0.05) is 11.6 Å². The topological polar surface area (TPSA) is 99.6 Å². The molecular weight excluding hydrogens is 242 g/mol. The molecule has 1 amide bonds. The molecule has 6 nitrogen and oxygen atoms in total.